The van der Waals surface area contributed by atoms with Crippen molar-refractivity contribution in [3.05, 3.63) is 93.0 Å². The number of aromatic hydroxyl groups is 2. The van der Waals surface area contributed by atoms with Crippen LogP contribution in [0.15, 0.2) is 60.7 Å². The molecule has 130 valence electrons. The Bertz CT molecular complexity index is 949. The Morgan fingerprint density at radius 2 is 1.00 bits per heavy atom. The lowest BCUT2D eigenvalue weighted by molar-refractivity contribution is 0.103. The van der Waals surface area contributed by atoms with Gasteiger partial charge in [-0.15, -0.1) is 0 Å². The van der Waals surface area contributed by atoms with Gasteiger partial charge in [0, 0.05) is 17.2 Å². The molecule has 3 aromatic carbocycles. The van der Waals surface area contributed by atoms with E-state index in [-0.39, 0.29) is 32.3 Å². The first-order valence-electron chi connectivity index (χ1n) is 7.54. The monoisotopic (exact) mass is 386 g/mol. The van der Waals surface area contributed by atoms with Crippen molar-refractivity contribution in [1.29, 1.82) is 0 Å². The molecule has 0 atom stereocenters. The molecule has 0 aliphatic carbocycles. The number of halogens is 2. The van der Waals surface area contributed by atoms with Gasteiger partial charge in [-0.1, -0.05) is 47.5 Å². The molecule has 3 aromatic rings. The molecule has 0 radical (unpaired) electrons. The lowest BCUT2D eigenvalue weighted by atomic mass is 9.95. The third kappa shape index (κ3) is 3.29. The standard InChI is InChI=1S/C20H12Cl2O4/c21-15-7-3-1-5-11(15)19(25)13-9-14(18(24)10-17(13)23)20(26)12-6-2-4-8-16(12)22/h1-10,23-24H. The molecule has 3 rings (SSSR count). The van der Waals surface area contributed by atoms with Gasteiger partial charge in [0.1, 0.15) is 11.5 Å². The molecule has 0 spiro atoms. The predicted octanol–water partition coefficient (Wildman–Crippen LogP) is 4.87. The van der Waals surface area contributed by atoms with Gasteiger partial charge in [-0.2, -0.15) is 0 Å². The molecule has 0 saturated carbocycles. The lowest BCUT2D eigenvalue weighted by Crippen LogP contribution is -2.07. The van der Waals surface area contributed by atoms with Gasteiger partial charge in [-0.25, -0.2) is 0 Å². The third-order valence-electron chi connectivity index (χ3n) is 3.84. The van der Waals surface area contributed by atoms with E-state index < -0.39 is 23.1 Å². The second-order valence-electron chi connectivity index (χ2n) is 5.50. The second kappa shape index (κ2) is 7.20. The number of hydrogen-bond acceptors (Lipinski definition) is 4. The summed E-state index contributed by atoms with van der Waals surface area (Å²) in [5, 5.41) is 20.6. The van der Waals surface area contributed by atoms with Gasteiger partial charge in [0.2, 0.25) is 0 Å². The molecule has 26 heavy (non-hydrogen) atoms. The van der Waals surface area contributed by atoms with E-state index in [1.165, 1.54) is 12.1 Å². The van der Waals surface area contributed by atoms with E-state index in [9.17, 15) is 19.8 Å². The van der Waals surface area contributed by atoms with Gasteiger partial charge in [0.25, 0.3) is 0 Å². The number of phenols is 2. The fourth-order valence-electron chi connectivity index (χ4n) is 2.52. The smallest absolute Gasteiger partial charge is 0.198 e. The second-order valence-corrected chi connectivity index (χ2v) is 6.32. The number of hydrogen-bond donors (Lipinski definition) is 2. The van der Waals surface area contributed by atoms with Crippen LogP contribution in [-0.2, 0) is 0 Å². The topological polar surface area (TPSA) is 74.6 Å². The van der Waals surface area contributed by atoms with Crippen molar-refractivity contribution in [2.24, 2.45) is 0 Å². The van der Waals surface area contributed by atoms with Crippen LogP contribution in [0.1, 0.15) is 31.8 Å². The van der Waals surface area contributed by atoms with Gasteiger partial charge in [-0.3, -0.25) is 9.59 Å². The molecule has 0 unspecified atom stereocenters. The molecule has 2 N–H and O–H groups in total. The van der Waals surface area contributed by atoms with Gasteiger partial charge in [0.05, 0.1) is 21.2 Å². The van der Waals surface area contributed by atoms with Crippen LogP contribution in [0.2, 0.25) is 10.0 Å². The minimum absolute atomic E-state index is 0.147. The highest BCUT2D eigenvalue weighted by molar-refractivity contribution is 6.36. The highest BCUT2D eigenvalue weighted by Crippen LogP contribution is 2.33. The zero-order valence-corrected chi connectivity index (χ0v) is 14.8. The van der Waals surface area contributed by atoms with Crippen LogP contribution in [0.5, 0.6) is 11.5 Å². The Labute approximate surface area is 159 Å². The summed E-state index contributed by atoms with van der Waals surface area (Å²) in [5.74, 6) is -2.05. The van der Waals surface area contributed by atoms with E-state index in [4.69, 9.17) is 23.2 Å². The average Bonchev–Trinajstić information content (AvgIpc) is 2.61. The van der Waals surface area contributed by atoms with Gasteiger partial charge in [-0.05, 0) is 30.3 Å². The maximum Gasteiger partial charge on any atom is 0.198 e. The van der Waals surface area contributed by atoms with E-state index in [2.05, 4.69) is 0 Å². The third-order valence-corrected chi connectivity index (χ3v) is 4.50. The number of carbonyl (C=O) groups excluding carboxylic acids is 2. The summed E-state index contributed by atoms with van der Waals surface area (Å²) in [4.78, 5) is 25.4. The van der Waals surface area contributed by atoms with Crippen LogP contribution in [0.3, 0.4) is 0 Å². The molecule has 0 amide bonds. The largest absolute Gasteiger partial charge is 0.507 e. The molecule has 4 nitrogen and oxygen atoms in total. The quantitative estimate of drug-likeness (QED) is 0.627. The molecular weight excluding hydrogens is 375 g/mol. The highest BCUT2D eigenvalue weighted by Gasteiger charge is 2.23. The average molecular weight is 387 g/mol. The van der Waals surface area contributed by atoms with Crippen LogP contribution in [0.25, 0.3) is 0 Å². The normalized spacial score (nSPS) is 10.5. The van der Waals surface area contributed by atoms with E-state index in [1.807, 2.05) is 0 Å². The first-order chi connectivity index (χ1) is 12.4. The van der Waals surface area contributed by atoms with Crippen LogP contribution >= 0.6 is 23.2 Å². The Balaban J connectivity index is 2.11. The molecule has 0 aliphatic rings. The molecule has 0 aromatic heterocycles. The Hall–Kier alpha value is -2.82. The molecule has 0 aliphatic heterocycles. The first kappa shape index (κ1) is 18.0. The molecule has 6 heteroatoms. The maximum atomic E-state index is 12.7. The predicted molar refractivity (Wildman–Crippen MR) is 99.5 cm³/mol. The van der Waals surface area contributed by atoms with Crippen molar-refractivity contribution < 1.29 is 19.8 Å². The van der Waals surface area contributed by atoms with E-state index >= 15 is 0 Å². The molecular formula is C20H12Cl2O4. The van der Waals surface area contributed by atoms with Crippen LogP contribution in [0.4, 0.5) is 0 Å². The summed E-state index contributed by atoms with van der Waals surface area (Å²) in [5.41, 5.74) is 0.0511. The minimum atomic E-state index is -0.568. The van der Waals surface area contributed by atoms with E-state index in [0.29, 0.717) is 0 Å². The number of rotatable bonds is 4. The van der Waals surface area contributed by atoms with Gasteiger partial charge < -0.3 is 10.2 Å². The highest BCUT2D eigenvalue weighted by atomic mass is 35.5. The summed E-state index contributed by atoms with van der Waals surface area (Å²) in [6.45, 7) is 0. The Morgan fingerprint density at radius 1 is 0.615 bits per heavy atom. The SMILES string of the molecule is O=C(c1cc(C(=O)c2ccccc2Cl)c(O)cc1O)c1ccccc1Cl. The number of carbonyl (C=O) groups is 2. The Morgan fingerprint density at radius 3 is 1.38 bits per heavy atom. The Kier molecular flexibility index (Phi) is 4.98. The summed E-state index contributed by atoms with van der Waals surface area (Å²) >= 11 is 12.1. The van der Waals surface area contributed by atoms with Crippen molar-refractivity contribution in [2.45, 2.75) is 0 Å². The minimum Gasteiger partial charge on any atom is -0.507 e. The fraction of sp³-hybridized carbons (Fsp3) is 0. The van der Waals surface area contributed by atoms with Crippen molar-refractivity contribution >= 4 is 34.8 Å². The maximum absolute atomic E-state index is 12.7. The summed E-state index contributed by atoms with van der Waals surface area (Å²) in [6, 6.07) is 14.8. The zero-order chi connectivity index (χ0) is 18.8. The van der Waals surface area contributed by atoms with Crippen molar-refractivity contribution in [2.75, 3.05) is 0 Å². The number of phenolic OH excluding ortho intramolecular Hbond substituents is 2. The van der Waals surface area contributed by atoms with Crippen molar-refractivity contribution in [3.8, 4) is 11.5 Å². The molecule has 0 saturated heterocycles. The fourth-order valence-corrected chi connectivity index (χ4v) is 2.96. The first-order valence-corrected chi connectivity index (χ1v) is 8.30. The molecule has 0 heterocycles. The summed E-state index contributed by atoms with van der Waals surface area (Å²) in [7, 11) is 0. The summed E-state index contributed by atoms with van der Waals surface area (Å²) < 4.78 is 0. The molecule has 0 fully saturated rings. The summed E-state index contributed by atoms with van der Waals surface area (Å²) in [6.07, 6.45) is 0. The number of ketones is 2. The van der Waals surface area contributed by atoms with E-state index in [0.717, 1.165) is 12.1 Å². The van der Waals surface area contributed by atoms with Crippen molar-refractivity contribution in [3.63, 3.8) is 0 Å². The van der Waals surface area contributed by atoms with Crippen LogP contribution in [0, 0.1) is 0 Å². The van der Waals surface area contributed by atoms with Crippen molar-refractivity contribution in [1.82, 2.24) is 0 Å². The lowest BCUT2D eigenvalue weighted by Gasteiger charge is -2.11. The van der Waals surface area contributed by atoms with Crippen LogP contribution in [-0.4, -0.2) is 21.8 Å². The zero-order valence-electron chi connectivity index (χ0n) is 13.2. The van der Waals surface area contributed by atoms with Gasteiger partial charge >= 0.3 is 0 Å². The van der Waals surface area contributed by atoms with E-state index in [1.54, 1.807) is 36.4 Å². The number of benzene rings is 3. The van der Waals surface area contributed by atoms with Gasteiger partial charge in [0.15, 0.2) is 11.6 Å². The van der Waals surface area contributed by atoms with Crippen LogP contribution < -0.4 is 0 Å². The molecule has 0 bridgehead atoms.